The van der Waals surface area contributed by atoms with Crippen LogP contribution in [0.2, 0.25) is 0 Å². The lowest BCUT2D eigenvalue weighted by Gasteiger charge is -2.25. The van der Waals surface area contributed by atoms with Crippen LogP contribution in [0, 0.1) is 0 Å². The van der Waals surface area contributed by atoms with Gasteiger partial charge in [-0.15, -0.1) is 0 Å². The monoisotopic (exact) mass is 247 g/mol. The van der Waals surface area contributed by atoms with E-state index in [4.69, 9.17) is 4.74 Å². The fourth-order valence-electron chi connectivity index (χ4n) is 2.07. The minimum absolute atomic E-state index is 0.125. The zero-order chi connectivity index (χ0) is 13.2. The lowest BCUT2D eigenvalue weighted by Crippen LogP contribution is -2.31. The Hall–Kier alpha value is -1.02. The second kappa shape index (κ2) is 5.31. The number of rotatable bonds is 5. The maximum atomic E-state index is 6.09. The first kappa shape index (κ1) is 13.4. The summed E-state index contributed by atoms with van der Waals surface area (Å²) < 4.78 is 6.09. The summed E-state index contributed by atoms with van der Waals surface area (Å²) in [6, 6.07) is 9.12. The molecule has 1 aliphatic rings. The third-order valence-corrected chi connectivity index (χ3v) is 3.29. The van der Waals surface area contributed by atoms with Crippen LogP contribution in [0.15, 0.2) is 24.3 Å². The van der Waals surface area contributed by atoms with Crippen molar-refractivity contribution in [3.05, 3.63) is 29.8 Å². The molecule has 0 radical (unpaired) electrons. The number of para-hydroxylation sites is 1. The third kappa shape index (κ3) is 3.74. The van der Waals surface area contributed by atoms with Crippen molar-refractivity contribution in [3.63, 3.8) is 0 Å². The lowest BCUT2D eigenvalue weighted by molar-refractivity contribution is 0.212. The second-order valence-corrected chi connectivity index (χ2v) is 6.36. The van der Waals surface area contributed by atoms with Gasteiger partial charge in [-0.1, -0.05) is 39.0 Å². The van der Waals surface area contributed by atoms with Crippen molar-refractivity contribution in [2.45, 2.75) is 58.1 Å². The van der Waals surface area contributed by atoms with E-state index in [1.54, 1.807) is 0 Å². The molecule has 1 aliphatic carbocycles. The van der Waals surface area contributed by atoms with Crippen LogP contribution < -0.4 is 10.1 Å². The van der Waals surface area contributed by atoms with Crippen LogP contribution >= 0.6 is 0 Å². The molecule has 1 fully saturated rings. The lowest BCUT2D eigenvalue weighted by atomic mass is 9.86. The molecule has 1 saturated carbocycles. The van der Waals surface area contributed by atoms with Crippen molar-refractivity contribution in [2.24, 2.45) is 0 Å². The van der Waals surface area contributed by atoms with Crippen LogP contribution in [-0.4, -0.2) is 18.7 Å². The van der Waals surface area contributed by atoms with E-state index in [-0.39, 0.29) is 11.5 Å². The molecule has 100 valence electrons. The summed E-state index contributed by atoms with van der Waals surface area (Å²) in [6.07, 6.45) is 2.87. The van der Waals surface area contributed by atoms with Crippen LogP contribution in [-0.2, 0) is 5.41 Å². The maximum Gasteiger partial charge on any atom is 0.123 e. The van der Waals surface area contributed by atoms with Crippen LogP contribution in [0.25, 0.3) is 0 Å². The Kier molecular flexibility index (Phi) is 3.96. The van der Waals surface area contributed by atoms with Crippen LogP contribution in [0.4, 0.5) is 0 Å². The molecule has 18 heavy (non-hydrogen) atoms. The van der Waals surface area contributed by atoms with Crippen molar-refractivity contribution in [1.29, 1.82) is 0 Å². The largest absolute Gasteiger partial charge is 0.489 e. The van der Waals surface area contributed by atoms with E-state index in [0.717, 1.165) is 18.3 Å². The first-order valence-corrected chi connectivity index (χ1v) is 6.96. The third-order valence-electron chi connectivity index (χ3n) is 3.29. The quantitative estimate of drug-likeness (QED) is 0.860. The summed E-state index contributed by atoms with van der Waals surface area (Å²) >= 11 is 0. The highest BCUT2D eigenvalue weighted by Gasteiger charge is 2.22. The summed E-state index contributed by atoms with van der Waals surface area (Å²) in [5.74, 6) is 1.02. The maximum absolute atomic E-state index is 6.09. The van der Waals surface area contributed by atoms with Gasteiger partial charge in [-0.2, -0.15) is 0 Å². The molecule has 1 atom stereocenters. The number of ether oxygens (including phenoxy) is 1. The van der Waals surface area contributed by atoms with Gasteiger partial charge in [-0.05, 0) is 36.8 Å². The molecule has 1 N–H and O–H groups in total. The van der Waals surface area contributed by atoms with Gasteiger partial charge >= 0.3 is 0 Å². The predicted molar refractivity (Wildman–Crippen MR) is 76.3 cm³/mol. The van der Waals surface area contributed by atoms with Crippen LogP contribution in [0.3, 0.4) is 0 Å². The molecule has 2 rings (SSSR count). The summed E-state index contributed by atoms with van der Waals surface area (Å²) in [4.78, 5) is 0. The molecule has 1 aromatic rings. The highest BCUT2D eigenvalue weighted by atomic mass is 16.5. The fraction of sp³-hybridized carbons (Fsp3) is 0.625. The zero-order valence-electron chi connectivity index (χ0n) is 12.0. The summed E-state index contributed by atoms with van der Waals surface area (Å²) in [6.45, 7) is 9.74. The molecule has 0 amide bonds. The predicted octanol–water partition coefficient (Wildman–Crippen LogP) is 3.50. The van der Waals surface area contributed by atoms with E-state index in [1.807, 2.05) is 6.07 Å². The molecule has 1 unspecified atom stereocenters. The minimum Gasteiger partial charge on any atom is -0.489 e. The molecule has 0 saturated heterocycles. The molecular formula is C16H25NO. The van der Waals surface area contributed by atoms with Crippen molar-refractivity contribution in [2.75, 3.05) is 6.54 Å². The van der Waals surface area contributed by atoms with Crippen molar-refractivity contribution < 1.29 is 4.74 Å². The molecule has 0 aromatic heterocycles. The van der Waals surface area contributed by atoms with Gasteiger partial charge in [-0.25, -0.2) is 0 Å². The van der Waals surface area contributed by atoms with Gasteiger partial charge in [0.25, 0.3) is 0 Å². The Balaban J connectivity index is 1.98. The normalized spacial score (nSPS) is 17.6. The Morgan fingerprint density at radius 3 is 2.56 bits per heavy atom. The Bertz CT molecular complexity index is 390. The highest BCUT2D eigenvalue weighted by molar-refractivity contribution is 5.38. The number of nitrogens with one attached hydrogen (secondary N) is 1. The van der Waals surface area contributed by atoms with Crippen molar-refractivity contribution >= 4 is 0 Å². The first-order valence-electron chi connectivity index (χ1n) is 6.96. The van der Waals surface area contributed by atoms with E-state index < -0.39 is 0 Å². The van der Waals surface area contributed by atoms with E-state index in [1.165, 1.54) is 18.4 Å². The van der Waals surface area contributed by atoms with Crippen LogP contribution in [0.5, 0.6) is 5.75 Å². The molecular weight excluding hydrogens is 222 g/mol. The SMILES string of the molecule is CC(CNC1CC1)Oc1ccccc1C(C)(C)C. The fourth-order valence-corrected chi connectivity index (χ4v) is 2.07. The molecule has 0 spiro atoms. The van der Waals surface area contributed by atoms with Gasteiger partial charge < -0.3 is 10.1 Å². The Labute approximate surface area is 111 Å². The number of hydrogen-bond donors (Lipinski definition) is 1. The van der Waals surface area contributed by atoms with Gasteiger partial charge in [-0.3, -0.25) is 0 Å². The molecule has 0 bridgehead atoms. The van der Waals surface area contributed by atoms with Gasteiger partial charge in [0.1, 0.15) is 11.9 Å². The molecule has 0 heterocycles. The Morgan fingerprint density at radius 2 is 1.94 bits per heavy atom. The zero-order valence-corrected chi connectivity index (χ0v) is 12.0. The summed E-state index contributed by atoms with van der Waals surface area (Å²) in [7, 11) is 0. The standard InChI is InChI=1S/C16H25NO/c1-12(11-17-13-9-10-13)18-15-8-6-5-7-14(15)16(2,3)4/h5-8,12-13,17H,9-11H2,1-4H3. The van der Waals surface area contributed by atoms with E-state index >= 15 is 0 Å². The summed E-state index contributed by atoms with van der Waals surface area (Å²) in [5.41, 5.74) is 1.41. The van der Waals surface area contributed by atoms with Crippen LogP contribution in [0.1, 0.15) is 46.1 Å². The summed E-state index contributed by atoms with van der Waals surface area (Å²) in [5, 5.41) is 3.51. The molecule has 2 heteroatoms. The minimum atomic E-state index is 0.125. The highest BCUT2D eigenvalue weighted by Crippen LogP contribution is 2.31. The molecule has 0 aliphatic heterocycles. The average molecular weight is 247 g/mol. The van der Waals surface area contributed by atoms with E-state index in [9.17, 15) is 0 Å². The van der Waals surface area contributed by atoms with E-state index in [2.05, 4.69) is 51.2 Å². The topological polar surface area (TPSA) is 21.3 Å². The number of hydrogen-bond acceptors (Lipinski definition) is 2. The molecule has 2 nitrogen and oxygen atoms in total. The smallest absolute Gasteiger partial charge is 0.123 e. The first-order chi connectivity index (χ1) is 8.47. The molecule has 1 aromatic carbocycles. The van der Waals surface area contributed by atoms with E-state index in [0.29, 0.717) is 0 Å². The second-order valence-electron chi connectivity index (χ2n) is 6.36. The van der Waals surface area contributed by atoms with Gasteiger partial charge in [0.15, 0.2) is 0 Å². The average Bonchev–Trinajstić information content (AvgIpc) is 3.09. The van der Waals surface area contributed by atoms with Gasteiger partial charge in [0.2, 0.25) is 0 Å². The van der Waals surface area contributed by atoms with Crippen molar-refractivity contribution in [3.8, 4) is 5.75 Å². The van der Waals surface area contributed by atoms with Crippen molar-refractivity contribution in [1.82, 2.24) is 5.32 Å². The van der Waals surface area contributed by atoms with Gasteiger partial charge in [0, 0.05) is 12.6 Å². The number of benzene rings is 1. The Morgan fingerprint density at radius 1 is 1.28 bits per heavy atom. The van der Waals surface area contributed by atoms with Gasteiger partial charge in [0.05, 0.1) is 0 Å².